The Balaban J connectivity index is 2.10. The van der Waals surface area contributed by atoms with Crippen molar-refractivity contribution in [2.45, 2.75) is 0 Å². The number of hydrogen-bond acceptors (Lipinski definition) is 2. The lowest BCUT2D eigenvalue weighted by molar-refractivity contribution is 0.0697. The number of benzene rings is 2. The van der Waals surface area contributed by atoms with Gasteiger partial charge in [0, 0.05) is 29.2 Å². The predicted octanol–water partition coefficient (Wildman–Crippen LogP) is 3.99. The molecule has 0 aliphatic rings. The molecule has 0 unspecified atom stereocenters. The Kier molecular flexibility index (Phi) is 3.84. The predicted molar refractivity (Wildman–Crippen MR) is 82.8 cm³/mol. The van der Waals surface area contributed by atoms with E-state index in [4.69, 9.17) is 5.11 Å². The van der Waals surface area contributed by atoms with E-state index in [9.17, 15) is 18.8 Å². The third-order valence-corrected chi connectivity index (χ3v) is 3.60. The van der Waals surface area contributed by atoms with Crippen molar-refractivity contribution < 1.29 is 18.7 Å². The molecule has 0 saturated carbocycles. The minimum Gasteiger partial charge on any atom is -0.478 e. The average molecular weight is 324 g/mol. The summed E-state index contributed by atoms with van der Waals surface area (Å²) in [5.41, 5.74) is 1.16. The highest BCUT2D eigenvalue weighted by Crippen LogP contribution is 2.29. The van der Waals surface area contributed by atoms with Crippen LogP contribution < -0.4 is 0 Å². The molecule has 1 aromatic heterocycles. The molecular formula is C18H10F2N2O2. The first kappa shape index (κ1) is 15.4. The Morgan fingerprint density at radius 1 is 1.04 bits per heavy atom. The first-order valence-corrected chi connectivity index (χ1v) is 6.91. The van der Waals surface area contributed by atoms with Gasteiger partial charge in [0.15, 0.2) is 11.6 Å². The fourth-order valence-electron chi connectivity index (χ4n) is 2.40. The number of rotatable bonds is 3. The van der Waals surface area contributed by atoms with Crippen molar-refractivity contribution in [2.24, 2.45) is 0 Å². The van der Waals surface area contributed by atoms with E-state index in [1.807, 2.05) is 6.07 Å². The van der Waals surface area contributed by atoms with E-state index in [1.165, 1.54) is 36.7 Å². The zero-order chi connectivity index (χ0) is 17.3. The maximum absolute atomic E-state index is 14.0. The average Bonchev–Trinajstić information content (AvgIpc) is 3.01. The topological polar surface area (TPSA) is 66.0 Å². The fraction of sp³-hybridized carbons (Fsp3) is 0. The van der Waals surface area contributed by atoms with Crippen LogP contribution in [0.2, 0.25) is 0 Å². The van der Waals surface area contributed by atoms with Crippen LogP contribution in [0.4, 0.5) is 8.78 Å². The lowest BCUT2D eigenvalue weighted by Crippen LogP contribution is -1.97. The van der Waals surface area contributed by atoms with Gasteiger partial charge in [0.25, 0.3) is 0 Å². The van der Waals surface area contributed by atoms with Crippen LogP contribution in [0.3, 0.4) is 0 Å². The lowest BCUT2D eigenvalue weighted by atomic mass is 10.0. The van der Waals surface area contributed by atoms with E-state index >= 15 is 0 Å². The number of nitrogens with zero attached hydrogens (tertiary/aromatic N) is 2. The number of carbonyl (C=O) groups is 1. The second-order valence-corrected chi connectivity index (χ2v) is 5.06. The SMILES string of the molecule is N#Cc1cn(-c2ccc(C(=O)O)cc2)cc1-c1cccc(F)c1F. The third kappa shape index (κ3) is 2.63. The van der Waals surface area contributed by atoms with Crippen LogP contribution in [0.25, 0.3) is 16.8 Å². The molecule has 0 radical (unpaired) electrons. The highest BCUT2D eigenvalue weighted by atomic mass is 19.2. The van der Waals surface area contributed by atoms with E-state index in [2.05, 4.69) is 0 Å². The molecule has 3 aromatic rings. The number of carboxylic acids is 1. The minimum absolute atomic E-state index is 0.00699. The van der Waals surface area contributed by atoms with Gasteiger partial charge in [0.2, 0.25) is 0 Å². The van der Waals surface area contributed by atoms with Gasteiger partial charge < -0.3 is 9.67 Å². The van der Waals surface area contributed by atoms with Crippen LogP contribution in [0.15, 0.2) is 54.9 Å². The summed E-state index contributed by atoms with van der Waals surface area (Å²) in [4.78, 5) is 10.9. The zero-order valence-electron chi connectivity index (χ0n) is 12.2. The van der Waals surface area contributed by atoms with Gasteiger partial charge in [-0.15, -0.1) is 0 Å². The molecule has 3 rings (SSSR count). The van der Waals surface area contributed by atoms with Crippen molar-refractivity contribution in [1.29, 1.82) is 5.26 Å². The van der Waals surface area contributed by atoms with Crippen LogP contribution in [-0.2, 0) is 0 Å². The van der Waals surface area contributed by atoms with Gasteiger partial charge in [-0.25, -0.2) is 13.6 Å². The van der Waals surface area contributed by atoms with E-state index in [-0.39, 0.29) is 22.3 Å². The Morgan fingerprint density at radius 2 is 1.75 bits per heavy atom. The van der Waals surface area contributed by atoms with Crippen LogP contribution >= 0.6 is 0 Å². The molecule has 6 heteroatoms. The number of halogens is 2. The van der Waals surface area contributed by atoms with Crippen LogP contribution in [0, 0.1) is 23.0 Å². The molecule has 24 heavy (non-hydrogen) atoms. The number of aromatic carboxylic acids is 1. The normalized spacial score (nSPS) is 10.4. The molecule has 0 amide bonds. The van der Waals surface area contributed by atoms with Crippen molar-refractivity contribution in [1.82, 2.24) is 4.57 Å². The second-order valence-electron chi connectivity index (χ2n) is 5.06. The van der Waals surface area contributed by atoms with Gasteiger partial charge >= 0.3 is 5.97 Å². The van der Waals surface area contributed by atoms with Crippen LogP contribution in [0.5, 0.6) is 0 Å². The van der Waals surface area contributed by atoms with Gasteiger partial charge in [0.1, 0.15) is 6.07 Å². The van der Waals surface area contributed by atoms with E-state index < -0.39 is 17.6 Å². The molecule has 0 aliphatic carbocycles. The Morgan fingerprint density at radius 3 is 2.38 bits per heavy atom. The highest BCUT2D eigenvalue weighted by molar-refractivity contribution is 5.87. The van der Waals surface area contributed by atoms with Gasteiger partial charge in [0.05, 0.1) is 11.1 Å². The molecule has 0 aliphatic heterocycles. The molecule has 0 saturated heterocycles. The summed E-state index contributed by atoms with van der Waals surface area (Å²) in [6.45, 7) is 0. The van der Waals surface area contributed by atoms with E-state index in [0.29, 0.717) is 5.69 Å². The largest absolute Gasteiger partial charge is 0.478 e. The smallest absolute Gasteiger partial charge is 0.335 e. The lowest BCUT2D eigenvalue weighted by Gasteiger charge is -2.04. The number of nitriles is 1. The maximum Gasteiger partial charge on any atom is 0.335 e. The minimum atomic E-state index is -1.05. The highest BCUT2D eigenvalue weighted by Gasteiger charge is 2.16. The quantitative estimate of drug-likeness (QED) is 0.792. The number of carboxylic acid groups (broad SMARTS) is 1. The maximum atomic E-state index is 14.0. The van der Waals surface area contributed by atoms with Crippen molar-refractivity contribution in [3.63, 3.8) is 0 Å². The van der Waals surface area contributed by atoms with Crippen LogP contribution in [-0.4, -0.2) is 15.6 Å². The molecule has 0 bridgehead atoms. The molecule has 118 valence electrons. The summed E-state index contributed by atoms with van der Waals surface area (Å²) in [6, 6.07) is 11.7. The molecule has 2 aromatic carbocycles. The Labute approximate surface area is 135 Å². The summed E-state index contributed by atoms with van der Waals surface area (Å²) in [5.74, 6) is -3.06. The molecule has 0 spiro atoms. The van der Waals surface area contributed by atoms with E-state index in [1.54, 1.807) is 16.7 Å². The summed E-state index contributed by atoms with van der Waals surface area (Å²) in [6.07, 6.45) is 2.99. The summed E-state index contributed by atoms with van der Waals surface area (Å²) < 4.78 is 29.0. The molecular weight excluding hydrogens is 314 g/mol. The monoisotopic (exact) mass is 324 g/mol. The Bertz CT molecular complexity index is 970. The van der Waals surface area contributed by atoms with Gasteiger partial charge in [-0.05, 0) is 30.3 Å². The summed E-state index contributed by atoms with van der Waals surface area (Å²) in [5, 5.41) is 18.2. The van der Waals surface area contributed by atoms with Gasteiger partial charge in [-0.2, -0.15) is 5.26 Å². The van der Waals surface area contributed by atoms with Gasteiger partial charge in [-0.3, -0.25) is 0 Å². The van der Waals surface area contributed by atoms with Crippen molar-refractivity contribution in [3.8, 4) is 22.9 Å². The molecule has 1 heterocycles. The molecule has 1 N–H and O–H groups in total. The molecule has 4 nitrogen and oxygen atoms in total. The van der Waals surface area contributed by atoms with Crippen molar-refractivity contribution >= 4 is 5.97 Å². The van der Waals surface area contributed by atoms with Crippen LogP contribution in [0.1, 0.15) is 15.9 Å². The van der Waals surface area contributed by atoms with E-state index in [0.717, 1.165) is 6.07 Å². The van der Waals surface area contributed by atoms with Gasteiger partial charge in [-0.1, -0.05) is 12.1 Å². The molecule has 0 fully saturated rings. The third-order valence-electron chi connectivity index (χ3n) is 3.60. The molecule has 0 atom stereocenters. The number of hydrogen-bond donors (Lipinski definition) is 1. The standard InChI is InChI=1S/C18H10F2N2O2/c19-16-3-1-2-14(17(16)20)15-10-22(9-12(15)8-21)13-6-4-11(5-7-13)18(23)24/h1-7,9-10H,(H,23,24). The summed E-state index contributed by atoms with van der Waals surface area (Å²) >= 11 is 0. The first-order chi connectivity index (χ1) is 11.5. The summed E-state index contributed by atoms with van der Waals surface area (Å²) in [7, 11) is 0. The number of aromatic nitrogens is 1. The van der Waals surface area contributed by atoms with Crippen molar-refractivity contribution in [2.75, 3.05) is 0 Å². The fourth-order valence-corrected chi connectivity index (χ4v) is 2.40. The zero-order valence-corrected chi connectivity index (χ0v) is 12.2. The first-order valence-electron chi connectivity index (χ1n) is 6.91. The second kappa shape index (κ2) is 5.97. The van der Waals surface area contributed by atoms with Crippen molar-refractivity contribution in [3.05, 3.63) is 77.6 Å². The Hall–Kier alpha value is -3.46.